The van der Waals surface area contributed by atoms with Gasteiger partial charge in [0.1, 0.15) is 23.0 Å². The first-order valence-electron chi connectivity index (χ1n) is 10.6. The van der Waals surface area contributed by atoms with Gasteiger partial charge in [0.2, 0.25) is 0 Å². The van der Waals surface area contributed by atoms with E-state index >= 15 is 0 Å². The highest BCUT2D eigenvalue weighted by Crippen LogP contribution is 2.32. The molecule has 0 radical (unpaired) electrons. The van der Waals surface area contributed by atoms with Crippen molar-refractivity contribution in [2.75, 3.05) is 13.2 Å². The van der Waals surface area contributed by atoms with Gasteiger partial charge in [-0.15, -0.1) is 0 Å². The summed E-state index contributed by atoms with van der Waals surface area (Å²) in [6.07, 6.45) is 1.51. The van der Waals surface area contributed by atoms with Crippen LogP contribution >= 0.6 is 23.4 Å². The number of carbonyl (C=O) groups excluding carboxylic acids is 2. The predicted octanol–water partition coefficient (Wildman–Crippen LogP) is 5.13. The van der Waals surface area contributed by atoms with Gasteiger partial charge in [0.25, 0.3) is 16.8 Å². The molecule has 1 fully saturated rings. The van der Waals surface area contributed by atoms with Crippen LogP contribution in [0.5, 0.6) is 11.5 Å². The first-order valence-corrected chi connectivity index (χ1v) is 13.2. The zero-order valence-corrected chi connectivity index (χ0v) is 21.2. The SMILES string of the molecule is O=C1S/C(=C\c2ccc(OS(=O)(=O)c3ccc([N+](=O)[O-])cc3)cc2)C(=O)N1CCOc1ccc(Cl)cc1. The topological polar surface area (TPSA) is 133 Å². The highest BCUT2D eigenvalue weighted by molar-refractivity contribution is 8.18. The number of imide groups is 1. The fourth-order valence-electron chi connectivity index (χ4n) is 3.16. The average molecular weight is 561 g/mol. The van der Waals surface area contributed by atoms with E-state index in [4.69, 9.17) is 20.5 Å². The van der Waals surface area contributed by atoms with E-state index < -0.39 is 26.2 Å². The summed E-state index contributed by atoms with van der Waals surface area (Å²) in [6, 6.07) is 16.8. The summed E-state index contributed by atoms with van der Waals surface area (Å²) in [4.78, 5) is 36.1. The van der Waals surface area contributed by atoms with Gasteiger partial charge in [0.05, 0.1) is 16.4 Å². The number of benzene rings is 3. The maximum atomic E-state index is 12.7. The van der Waals surface area contributed by atoms with Gasteiger partial charge in [-0.3, -0.25) is 24.6 Å². The van der Waals surface area contributed by atoms with Crippen LogP contribution < -0.4 is 8.92 Å². The maximum absolute atomic E-state index is 12.7. The first-order chi connectivity index (χ1) is 17.6. The van der Waals surface area contributed by atoms with E-state index in [0.717, 1.165) is 40.9 Å². The number of nitro benzene ring substituents is 1. The number of non-ortho nitro benzene ring substituents is 1. The molecule has 1 aliphatic rings. The van der Waals surface area contributed by atoms with Crippen LogP contribution in [-0.4, -0.2) is 42.5 Å². The van der Waals surface area contributed by atoms with Crippen LogP contribution in [0.4, 0.5) is 10.5 Å². The molecule has 0 aliphatic carbocycles. The lowest BCUT2D eigenvalue weighted by atomic mass is 10.2. The minimum absolute atomic E-state index is 0.00274. The third kappa shape index (κ3) is 6.47. The Morgan fingerprint density at radius 1 is 0.946 bits per heavy atom. The Hall–Kier alpha value is -3.87. The Bertz CT molecular complexity index is 1470. The van der Waals surface area contributed by atoms with Crippen LogP contribution in [-0.2, 0) is 14.9 Å². The second-order valence-electron chi connectivity index (χ2n) is 7.49. The minimum Gasteiger partial charge on any atom is -0.492 e. The van der Waals surface area contributed by atoms with Gasteiger partial charge < -0.3 is 8.92 Å². The molecule has 1 saturated heterocycles. The zero-order chi connectivity index (χ0) is 26.6. The quantitative estimate of drug-likeness (QED) is 0.151. The summed E-state index contributed by atoms with van der Waals surface area (Å²) in [6.45, 7) is 0.181. The summed E-state index contributed by atoms with van der Waals surface area (Å²) in [5, 5.41) is 10.9. The highest BCUT2D eigenvalue weighted by Gasteiger charge is 2.34. The molecule has 13 heteroatoms. The van der Waals surface area contributed by atoms with Gasteiger partial charge >= 0.3 is 10.1 Å². The maximum Gasteiger partial charge on any atom is 0.339 e. The van der Waals surface area contributed by atoms with E-state index in [-0.39, 0.29) is 34.4 Å². The van der Waals surface area contributed by atoms with Gasteiger partial charge in [-0.2, -0.15) is 8.42 Å². The van der Waals surface area contributed by atoms with Crippen LogP contribution in [0, 0.1) is 10.1 Å². The molecule has 2 amide bonds. The Morgan fingerprint density at radius 3 is 2.19 bits per heavy atom. The molecule has 37 heavy (non-hydrogen) atoms. The molecule has 10 nitrogen and oxygen atoms in total. The van der Waals surface area contributed by atoms with Crippen LogP contribution in [0.3, 0.4) is 0 Å². The predicted molar refractivity (Wildman–Crippen MR) is 137 cm³/mol. The molecule has 0 unspecified atom stereocenters. The lowest BCUT2D eigenvalue weighted by molar-refractivity contribution is -0.384. The van der Waals surface area contributed by atoms with E-state index in [9.17, 15) is 28.1 Å². The van der Waals surface area contributed by atoms with Gasteiger partial charge in [-0.1, -0.05) is 23.7 Å². The smallest absolute Gasteiger partial charge is 0.339 e. The Balaban J connectivity index is 1.37. The fraction of sp³-hybridized carbons (Fsp3) is 0.0833. The van der Waals surface area contributed by atoms with E-state index in [1.165, 1.54) is 30.3 Å². The molecule has 190 valence electrons. The lowest BCUT2D eigenvalue weighted by Crippen LogP contribution is -2.32. The second-order valence-corrected chi connectivity index (χ2v) is 10.5. The molecule has 0 aromatic heterocycles. The summed E-state index contributed by atoms with van der Waals surface area (Å²) < 4.78 is 35.5. The van der Waals surface area contributed by atoms with Crippen LogP contribution in [0.25, 0.3) is 6.08 Å². The number of rotatable bonds is 9. The summed E-state index contributed by atoms with van der Waals surface area (Å²) in [7, 11) is -4.21. The molecule has 0 N–H and O–H groups in total. The molecule has 3 aromatic carbocycles. The molecule has 0 saturated carbocycles. The first kappa shape index (κ1) is 26.2. The Morgan fingerprint density at radius 2 is 1.57 bits per heavy atom. The van der Waals surface area contributed by atoms with E-state index in [2.05, 4.69) is 0 Å². The number of ether oxygens (including phenoxy) is 1. The molecule has 3 aromatic rings. The Labute approximate surface area is 220 Å². The molecule has 0 bridgehead atoms. The lowest BCUT2D eigenvalue weighted by Gasteiger charge is -2.13. The fourth-order valence-corrected chi connectivity index (χ4v) is 5.08. The third-order valence-corrected chi connectivity index (χ3v) is 7.41. The van der Waals surface area contributed by atoms with Crippen molar-refractivity contribution in [2.24, 2.45) is 0 Å². The minimum atomic E-state index is -4.21. The van der Waals surface area contributed by atoms with Crippen molar-refractivity contribution in [1.29, 1.82) is 0 Å². The van der Waals surface area contributed by atoms with Crippen molar-refractivity contribution in [3.63, 3.8) is 0 Å². The standard InChI is InChI=1S/C24H17ClN2O8S2/c25-17-3-9-19(10-4-17)34-14-13-26-23(28)22(36-24(26)29)15-16-1-7-20(8-2-16)35-37(32,33)21-11-5-18(6-12-21)27(30)31/h1-12,15H,13-14H2/b22-15-. The molecule has 0 atom stereocenters. The molecule has 1 aliphatic heterocycles. The largest absolute Gasteiger partial charge is 0.492 e. The number of carbonyl (C=O) groups is 2. The number of thioether (sulfide) groups is 1. The zero-order valence-electron chi connectivity index (χ0n) is 18.8. The number of hydrogen-bond donors (Lipinski definition) is 0. The van der Waals surface area contributed by atoms with E-state index in [0.29, 0.717) is 16.3 Å². The van der Waals surface area contributed by atoms with Crippen molar-refractivity contribution in [2.45, 2.75) is 4.90 Å². The Kier molecular flexibility index (Phi) is 7.81. The monoisotopic (exact) mass is 560 g/mol. The second kappa shape index (κ2) is 11.0. The van der Waals surface area contributed by atoms with Gasteiger partial charge in [-0.25, -0.2) is 0 Å². The van der Waals surface area contributed by atoms with Gasteiger partial charge in [0.15, 0.2) is 0 Å². The van der Waals surface area contributed by atoms with E-state index in [1.54, 1.807) is 24.3 Å². The normalized spacial score (nSPS) is 14.7. The molecule has 0 spiro atoms. The van der Waals surface area contributed by atoms with Crippen LogP contribution in [0.1, 0.15) is 5.56 Å². The highest BCUT2D eigenvalue weighted by atomic mass is 35.5. The average Bonchev–Trinajstić information content (AvgIpc) is 3.13. The number of nitro groups is 1. The van der Waals surface area contributed by atoms with Crippen molar-refractivity contribution in [3.05, 3.63) is 98.4 Å². The van der Waals surface area contributed by atoms with Crippen LogP contribution in [0.15, 0.2) is 82.6 Å². The van der Waals surface area contributed by atoms with Gasteiger partial charge in [-0.05, 0) is 71.9 Å². The van der Waals surface area contributed by atoms with Crippen molar-refractivity contribution in [3.8, 4) is 11.5 Å². The third-order valence-electron chi connectivity index (χ3n) is 4.99. The summed E-state index contributed by atoms with van der Waals surface area (Å²) >= 11 is 6.62. The number of hydrogen-bond acceptors (Lipinski definition) is 9. The molecular formula is C24H17ClN2O8S2. The number of halogens is 1. The van der Waals surface area contributed by atoms with Crippen LogP contribution in [0.2, 0.25) is 5.02 Å². The van der Waals surface area contributed by atoms with Gasteiger partial charge in [0, 0.05) is 17.2 Å². The van der Waals surface area contributed by atoms with Crippen molar-refractivity contribution in [1.82, 2.24) is 4.90 Å². The van der Waals surface area contributed by atoms with E-state index in [1.807, 2.05) is 0 Å². The summed E-state index contributed by atoms with van der Waals surface area (Å²) in [5.74, 6) is 0.101. The number of nitrogens with zero attached hydrogens (tertiary/aromatic N) is 2. The number of amides is 2. The molecular weight excluding hydrogens is 544 g/mol. The van der Waals surface area contributed by atoms with Crippen molar-refractivity contribution >= 4 is 56.4 Å². The molecule has 4 rings (SSSR count). The molecule has 1 heterocycles. The summed E-state index contributed by atoms with van der Waals surface area (Å²) in [5.41, 5.74) is 0.296. The van der Waals surface area contributed by atoms with Crippen molar-refractivity contribution < 1.29 is 31.9 Å².